The molecule has 2 aromatic carbocycles. The molecule has 0 spiro atoms. The van der Waals surface area contributed by atoms with Crippen molar-refractivity contribution < 1.29 is 5.21 Å². The molecule has 0 aliphatic heterocycles. The van der Waals surface area contributed by atoms with Crippen LogP contribution in [-0.4, -0.2) is 18.1 Å². The number of amidine groups is 1. The first-order valence-electron chi connectivity index (χ1n) is 6.67. The Labute approximate surface area is 133 Å². The molecule has 3 N–H and O–H groups in total. The van der Waals surface area contributed by atoms with Gasteiger partial charge in [-0.25, -0.2) is 0 Å². The van der Waals surface area contributed by atoms with E-state index >= 15 is 0 Å². The first-order valence-corrected chi connectivity index (χ1v) is 7.46. The van der Waals surface area contributed by atoms with E-state index in [-0.39, 0.29) is 5.84 Å². The largest absolute Gasteiger partial charge is 0.409 e. The molecular formula is C16H18BrN3O. The fourth-order valence-corrected chi connectivity index (χ4v) is 2.74. The number of nitrogens with zero attached hydrogens (tertiary/aromatic N) is 2. The van der Waals surface area contributed by atoms with Crippen LogP contribution in [0.25, 0.3) is 0 Å². The molecule has 0 atom stereocenters. The van der Waals surface area contributed by atoms with Gasteiger partial charge in [0.25, 0.3) is 0 Å². The second-order valence-electron chi connectivity index (χ2n) is 4.73. The average molecular weight is 348 g/mol. The van der Waals surface area contributed by atoms with Gasteiger partial charge < -0.3 is 15.8 Å². The van der Waals surface area contributed by atoms with Gasteiger partial charge in [0.05, 0.1) is 5.69 Å². The second kappa shape index (κ2) is 6.63. The van der Waals surface area contributed by atoms with Crippen LogP contribution in [0.3, 0.4) is 0 Å². The van der Waals surface area contributed by atoms with Crippen molar-refractivity contribution in [2.45, 2.75) is 13.3 Å². The van der Waals surface area contributed by atoms with Crippen molar-refractivity contribution in [2.24, 2.45) is 10.9 Å². The van der Waals surface area contributed by atoms with E-state index in [9.17, 15) is 0 Å². The summed E-state index contributed by atoms with van der Waals surface area (Å²) in [6.07, 6.45) is 1.03. The summed E-state index contributed by atoms with van der Waals surface area (Å²) in [4.78, 5) is 2.08. The number of benzene rings is 2. The Balaban J connectivity index is 2.32. The Bertz CT molecular complexity index is 653. The third-order valence-electron chi connectivity index (χ3n) is 3.44. The number of nitrogens with two attached hydrogens (primary N) is 1. The fraction of sp³-hybridized carbons (Fsp3) is 0.188. The van der Waals surface area contributed by atoms with E-state index in [0.29, 0.717) is 5.56 Å². The van der Waals surface area contributed by atoms with Gasteiger partial charge in [0.15, 0.2) is 5.84 Å². The van der Waals surface area contributed by atoms with Crippen molar-refractivity contribution in [3.8, 4) is 0 Å². The normalized spacial score (nSPS) is 11.5. The summed E-state index contributed by atoms with van der Waals surface area (Å²) in [6.45, 7) is 2.14. The number of anilines is 2. The molecule has 0 aliphatic rings. The maximum absolute atomic E-state index is 8.72. The van der Waals surface area contributed by atoms with Crippen molar-refractivity contribution in [3.05, 3.63) is 58.1 Å². The smallest absolute Gasteiger partial charge is 0.170 e. The molecule has 5 heteroatoms. The van der Waals surface area contributed by atoms with Gasteiger partial charge in [-0.15, -0.1) is 0 Å². The Morgan fingerprint density at radius 1 is 1.24 bits per heavy atom. The van der Waals surface area contributed by atoms with Crippen LogP contribution < -0.4 is 10.6 Å². The minimum Gasteiger partial charge on any atom is -0.409 e. The minimum atomic E-state index is 0.0946. The van der Waals surface area contributed by atoms with E-state index in [1.807, 2.05) is 25.2 Å². The molecule has 0 bridgehead atoms. The topological polar surface area (TPSA) is 61.8 Å². The number of aryl methyl sites for hydroxylation is 1. The lowest BCUT2D eigenvalue weighted by Gasteiger charge is -2.21. The zero-order valence-corrected chi connectivity index (χ0v) is 13.6. The molecule has 0 fully saturated rings. The van der Waals surface area contributed by atoms with E-state index in [0.717, 1.165) is 22.3 Å². The Kier molecular flexibility index (Phi) is 4.85. The first-order chi connectivity index (χ1) is 10.1. The van der Waals surface area contributed by atoms with Gasteiger partial charge in [-0.3, -0.25) is 0 Å². The molecule has 0 aliphatic carbocycles. The first kappa shape index (κ1) is 15.4. The average Bonchev–Trinajstić information content (AvgIpc) is 2.53. The van der Waals surface area contributed by atoms with Crippen LogP contribution in [0.4, 0.5) is 11.4 Å². The van der Waals surface area contributed by atoms with Crippen molar-refractivity contribution in [1.29, 1.82) is 0 Å². The van der Waals surface area contributed by atoms with Crippen molar-refractivity contribution >= 4 is 33.1 Å². The summed E-state index contributed by atoms with van der Waals surface area (Å²) in [5.74, 6) is 0.0946. The van der Waals surface area contributed by atoms with Crippen LogP contribution in [0.5, 0.6) is 0 Å². The van der Waals surface area contributed by atoms with Crippen LogP contribution in [-0.2, 0) is 6.42 Å². The van der Waals surface area contributed by atoms with Gasteiger partial charge in [0.1, 0.15) is 0 Å². The van der Waals surface area contributed by atoms with Gasteiger partial charge in [-0.2, -0.15) is 0 Å². The summed E-state index contributed by atoms with van der Waals surface area (Å²) >= 11 is 3.54. The highest BCUT2D eigenvalue weighted by Crippen LogP contribution is 2.31. The molecule has 110 valence electrons. The van der Waals surface area contributed by atoms with Gasteiger partial charge in [-0.1, -0.05) is 24.2 Å². The Morgan fingerprint density at radius 2 is 1.90 bits per heavy atom. The molecule has 2 rings (SSSR count). The van der Waals surface area contributed by atoms with Gasteiger partial charge in [0.2, 0.25) is 0 Å². The van der Waals surface area contributed by atoms with E-state index in [1.54, 1.807) is 0 Å². The molecular weight excluding hydrogens is 330 g/mol. The summed E-state index contributed by atoms with van der Waals surface area (Å²) in [5.41, 5.74) is 9.69. The molecule has 0 unspecified atom stereocenters. The van der Waals surface area contributed by atoms with Crippen LogP contribution in [0, 0.1) is 0 Å². The van der Waals surface area contributed by atoms with Crippen molar-refractivity contribution in [1.82, 2.24) is 0 Å². The molecule has 2 aromatic rings. The lowest BCUT2D eigenvalue weighted by molar-refractivity contribution is 0.318. The molecule has 4 nitrogen and oxygen atoms in total. The van der Waals surface area contributed by atoms with Crippen molar-refractivity contribution in [3.63, 3.8) is 0 Å². The Hall–Kier alpha value is -2.01. The van der Waals surface area contributed by atoms with Gasteiger partial charge >= 0.3 is 0 Å². The maximum atomic E-state index is 8.72. The predicted molar refractivity (Wildman–Crippen MR) is 90.5 cm³/mol. The summed E-state index contributed by atoms with van der Waals surface area (Å²) < 4.78 is 0.883. The maximum Gasteiger partial charge on any atom is 0.170 e. The fourth-order valence-electron chi connectivity index (χ4n) is 2.09. The van der Waals surface area contributed by atoms with Gasteiger partial charge in [-0.05, 0) is 58.2 Å². The quantitative estimate of drug-likeness (QED) is 0.382. The van der Waals surface area contributed by atoms with Crippen LogP contribution in [0.15, 0.2) is 52.1 Å². The molecule has 0 aromatic heterocycles. The third-order valence-corrected chi connectivity index (χ3v) is 4.08. The predicted octanol–water partition coefficient (Wildman–Crippen LogP) is 3.87. The zero-order valence-electron chi connectivity index (χ0n) is 12.0. The molecule has 0 radical (unpaired) electrons. The molecule has 21 heavy (non-hydrogen) atoms. The summed E-state index contributed by atoms with van der Waals surface area (Å²) in [7, 11) is 2.00. The standard InChI is InChI=1S/C16H18BrN3O/c1-3-11-4-7-13(8-5-11)20(2)15-9-6-12(10-14(15)17)16(18)19-21/h4-10,21H,3H2,1-2H3,(H2,18,19). The van der Waals surface area contributed by atoms with E-state index < -0.39 is 0 Å². The highest BCUT2D eigenvalue weighted by atomic mass is 79.9. The molecule has 0 amide bonds. The number of oxime groups is 1. The summed E-state index contributed by atoms with van der Waals surface area (Å²) in [6, 6.07) is 14.1. The van der Waals surface area contributed by atoms with E-state index in [4.69, 9.17) is 10.9 Å². The molecule has 0 saturated heterocycles. The number of rotatable bonds is 4. The minimum absolute atomic E-state index is 0.0946. The second-order valence-corrected chi connectivity index (χ2v) is 5.58. The monoisotopic (exact) mass is 347 g/mol. The highest BCUT2D eigenvalue weighted by molar-refractivity contribution is 9.10. The Morgan fingerprint density at radius 3 is 2.43 bits per heavy atom. The van der Waals surface area contributed by atoms with Crippen LogP contribution in [0.2, 0.25) is 0 Å². The number of halogens is 1. The lowest BCUT2D eigenvalue weighted by Crippen LogP contribution is -2.14. The molecule has 0 heterocycles. The zero-order chi connectivity index (χ0) is 15.4. The SMILES string of the molecule is CCc1ccc(N(C)c2ccc(/C(N)=N/O)cc2Br)cc1. The van der Waals surface area contributed by atoms with Crippen molar-refractivity contribution in [2.75, 3.05) is 11.9 Å². The van der Waals surface area contributed by atoms with Crippen LogP contribution in [0.1, 0.15) is 18.1 Å². The number of hydrogen-bond acceptors (Lipinski definition) is 3. The van der Waals surface area contributed by atoms with Gasteiger partial charge in [0, 0.05) is 22.8 Å². The van der Waals surface area contributed by atoms with E-state index in [2.05, 4.69) is 57.2 Å². The molecule has 0 saturated carbocycles. The third kappa shape index (κ3) is 3.36. The number of hydrogen-bond donors (Lipinski definition) is 2. The van der Waals surface area contributed by atoms with E-state index in [1.165, 1.54) is 5.56 Å². The lowest BCUT2D eigenvalue weighted by atomic mass is 10.1. The highest BCUT2D eigenvalue weighted by Gasteiger charge is 2.10. The van der Waals surface area contributed by atoms with Crippen LogP contribution >= 0.6 is 15.9 Å². The summed E-state index contributed by atoms with van der Waals surface area (Å²) in [5, 5.41) is 11.7.